The molecule has 0 aliphatic carbocycles. The van der Waals surface area contributed by atoms with Crippen LogP contribution in [0, 0.1) is 5.92 Å². The van der Waals surface area contributed by atoms with E-state index in [0.29, 0.717) is 5.92 Å². The molecule has 1 aromatic rings. The van der Waals surface area contributed by atoms with Crippen molar-refractivity contribution in [1.29, 1.82) is 0 Å². The van der Waals surface area contributed by atoms with Gasteiger partial charge in [-0.1, -0.05) is 13.8 Å². The van der Waals surface area contributed by atoms with Gasteiger partial charge < -0.3 is 4.74 Å². The predicted molar refractivity (Wildman–Crippen MR) is 72.7 cm³/mol. The van der Waals surface area contributed by atoms with E-state index < -0.39 is 5.47 Å². The van der Waals surface area contributed by atoms with Crippen LogP contribution in [0.4, 0.5) is 0 Å². The first-order chi connectivity index (χ1) is 7.09. The lowest BCUT2D eigenvalue weighted by Crippen LogP contribution is -2.02. The summed E-state index contributed by atoms with van der Waals surface area (Å²) in [4.78, 5) is 0. The van der Waals surface area contributed by atoms with E-state index in [0.717, 1.165) is 24.1 Å². The molecule has 0 unspecified atom stereocenters. The molecule has 1 aromatic carbocycles. The van der Waals surface area contributed by atoms with E-state index in [1.54, 1.807) is 0 Å². The Hall–Kier alpha value is -0.240. The average molecular weight is 258 g/mol. The minimum atomic E-state index is -0.820. The van der Waals surface area contributed by atoms with Gasteiger partial charge in [-0.2, -0.15) is 0 Å². The molecule has 1 nitrogen and oxygen atoms in total. The van der Waals surface area contributed by atoms with Crippen molar-refractivity contribution in [1.82, 2.24) is 0 Å². The van der Waals surface area contributed by atoms with E-state index in [1.807, 2.05) is 24.3 Å². The van der Waals surface area contributed by atoms with Crippen molar-refractivity contribution < 1.29 is 4.74 Å². The van der Waals surface area contributed by atoms with E-state index in [1.165, 1.54) is 0 Å². The second kappa shape index (κ2) is 6.37. The largest absolute Gasteiger partial charge is 0.494 e. The molecule has 0 heterocycles. The maximum Gasteiger partial charge on any atom is 0.119 e. The van der Waals surface area contributed by atoms with Gasteiger partial charge in [0.2, 0.25) is 0 Å². The minimum absolute atomic E-state index is 0.678. The average Bonchev–Trinajstić information content (AvgIpc) is 2.18. The Labute approximate surface area is 102 Å². The van der Waals surface area contributed by atoms with Gasteiger partial charge in [-0.3, -0.25) is 0 Å². The molecule has 1 rings (SSSR count). The molecule has 0 saturated heterocycles. The molecule has 0 fully saturated rings. The highest BCUT2D eigenvalue weighted by molar-refractivity contribution is 8.27. The Balaban J connectivity index is 2.50. The van der Waals surface area contributed by atoms with E-state index in [2.05, 4.69) is 13.8 Å². The standard InChI is InChI=1S/C11H15OPS2/c1-9(2)7-8-12-10-3-5-11(6-4-10)13(14)15/h3-6,9H,7-8H2,1-2H3. The number of rotatable bonds is 5. The summed E-state index contributed by atoms with van der Waals surface area (Å²) >= 11 is 10.1. The third-order valence-corrected chi connectivity index (χ3v) is 4.00. The van der Waals surface area contributed by atoms with Crippen LogP contribution in [0.2, 0.25) is 0 Å². The van der Waals surface area contributed by atoms with E-state index in [-0.39, 0.29) is 0 Å². The van der Waals surface area contributed by atoms with Crippen molar-refractivity contribution in [3.63, 3.8) is 0 Å². The predicted octanol–water partition coefficient (Wildman–Crippen LogP) is 3.14. The van der Waals surface area contributed by atoms with Crippen LogP contribution in [0.3, 0.4) is 0 Å². The van der Waals surface area contributed by atoms with Gasteiger partial charge in [0.1, 0.15) is 5.75 Å². The van der Waals surface area contributed by atoms with Crippen LogP contribution in [-0.4, -0.2) is 6.61 Å². The minimum Gasteiger partial charge on any atom is -0.494 e. The van der Waals surface area contributed by atoms with Gasteiger partial charge in [-0.15, -0.1) is 0 Å². The first kappa shape index (κ1) is 12.8. The van der Waals surface area contributed by atoms with Crippen LogP contribution in [-0.2, 0) is 23.6 Å². The maximum atomic E-state index is 5.59. The van der Waals surface area contributed by atoms with Crippen molar-refractivity contribution in [3.05, 3.63) is 24.3 Å². The topological polar surface area (TPSA) is 9.23 Å². The first-order valence-corrected chi connectivity index (χ1v) is 8.33. The third kappa shape index (κ3) is 4.87. The van der Waals surface area contributed by atoms with Gasteiger partial charge in [0, 0.05) is 10.8 Å². The van der Waals surface area contributed by atoms with Crippen molar-refractivity contribution in [3.8, 4) is 5.75 Å². The molecule has 4 heteroatoms. The highest BCUT2D eigenvalue weighted by Gasteiger charge is 1.97. The van der Waals surface area contributed by atoms with Gasteiger partial charge in [0.15, 0.2) is 0 Å². The Kier molecular flexibility index (Phi) is 5.44. The van der Waals surface area contributed by atoms with E-state index in [9.17, 15) is 0 Å². The Bertz CT molecular complexity index is 361. The molecule has 0 spiro atoms. The lowest BCUT2D eigenvalue weighted by Gasteiger charge is -2.07. The van der Waals surface area contributed by atoms with E-state index in [4.69, 9.17) is 28.4 Å². The Morgan fingerprint density at radius 1 is 1.20 bits per heavy atom. The van der Waals surface area contributed by atoms with Crippen molar-refractivity contribution in [2.24, 2.45) is 5.92 Å². The summed E-state index contributed by atoms with van der Waals surface area (Å²) < 4.78 is 5.59. The second-order valence-electron chi connectivity index (χ2n) is 3.78. The highest BCUT2D eigenvalue weighted by atomic mass is 32.7. The van der Waals surface area contributed by atoms with Crippen LogP contribution in [0.25, 0.3) is 0 Å². The summed E-state index contributed by atoms with van der Waals surface area (Å²) in [7, 11) is 0. The molecular formula is C11H15OPS2. The highest BCUT2D eigenvalue weighted by Crippen LogP contribution is 2.13. The van der Waals surface area contributed by atoms with Gasteiger partial charge in [0.05, 0.1) is 6.61 Å². The summed E-state index contributed by atoms with van der Waals surface area (Å²) in [6, 6.07) is 7.83. The molecule has 0 aromatic heterocycles. The molecular weight excluding hydrogens is 243 g/mol. The van der Waals surface area contributed by atoms with Crippen molar-refractivity contribution >= 4 is 34.4 Å². The molecule has 15 heavy (non-hydrogen) atoms. The quantitative estimate of drug-likeness (QED) is 0.751. The molecule has 0 amide bonds. The summed E-state index contributed by atoms with van der Waals surface area (Å²) in [5.41, 5.74) is -0.820. The third-order valence-electron chi connectivity index (χ3n) is 2.01. The zero-order chi connectivity index (χ0) is 11.3. The molecule has 0 radical (unpaired) electrons. The maximum absolute atomic E-state index is 5.59. The number of ether oxygens (including phenoxy) is 1. The van der Waals surface area contributed by atoms with E-state index >= 15 is 0 Å². The summed E-state index contributed by atoms with van der Waals surface area (Å²) in [5.74, 6) is 1.58. The lowest BCUT2D eigenvalue weighted by molar-refractivity contribution is 0.289. The number of benzene rings is 1. The van der Waals surface area contributed by atoms with Gasteiger partial charge in [0.25, 0.3) is 0 Å². The van der Waals surface area contributed by atoms with Crippen molar-refractivity contribution in [2.45, 2.75) is 20.3 Å². The summed E-state index contributed by atoms with van der Waals surface area (Å²) in [5, 5.41) is 1.06. The van der Waals surface area contributed by atoms with Crippen LogP contribution in [0.15, 0.2) is 24.3 Å². The lowest BCUT2D eigenvalue weighted by atomic mass is 10.1. The van der Waals surface area contributed by atoms with Crippen molar-refractivity contribution in [2.75, 3.05) is 6.61 Å². The smallest absolute Gasteiger partial charge is 0.119 e. The molecule has 0 N–H and O–H groups in total. The molecule has 82 valence electrons. The molecule has 0 aliphatic heterocycles. The van der Waals surface area contributed by atoms with Gasteiger partial charge in [-0.05, 0) is 60.2 Å². The number of hydrogen-bond donors (Lipinski definition) is 0. The molecule has 0 saturated carbocycles. The van der Waals surface area contributed by atoms with Crippen LogP contribution in [0.1, 0.15) is 20.3 Å². The fourth-order valence-corrected chi connectivity index (χ4v) is 2.20. The van der Waals surface area contributed by atoms with Gasteiger partial charge >= 0.3 is 0 Å². The SMILES string of the molecule is CC(C)CCOc1ccc(P(=S)=S)cc1. The normalized spacial score (nSPS) is 10.3. The first-order valence-electron chi connectivity index (χ1n) is 4.97. The Morgan fingerprint density at radius 3 is 2.27 bits per heavy atom. The number of hydrogen-bond acceptors (Lipinski definition) is 3. The summed E-state index contributed by atoms with van der Waals surface area (Å²) in [6.45, 7) is 5.15. The fraction of sp³-hybridized carbons (Fsp3) is 0.455. The van der Waals surface area contributed by atoms with Crippen LogP contribution < -0.4 is 10.0 Å². The molecule has 0 aliphatic rings. The zero-order valence-corrected chi connectivity index (χ0v) is 11.5. The molecule has 0 atom stereocenters. The molecule has 0 bridgehead atoms. The fourth-order valence-electron chi connectivity index (χ4n) is 1.08. The second-order valence-corrected chi connectivity index (χ2v) is 7.70. The van der Waals surface area contributed by atoms with Crippen LogP contribution in [0.5, 0.6) is 5.75 Å². The monoisotopic (exact) mass is 258 g/mol. The summed E-state index contributed by atoms with van der Waals surface area (Å²) in [6.07, 6.45) is 1.08. The Morgan fingerprint density at radius 2 is 1.80 bits per heavy atom. The van der Waals surface area contributed by atoms with Crippen LogP contribution >= 0.6 is 5.47 Å². The zero-order valence-electron chi connectivity index (χ0n) is 8.97. The van der Waals surface area contributed by atoms with Gasteiger partial charge in [-0.25, -0.2) is 0 Å².